The van der Waals surface area contributed by atoms with E-state index in [9.17, 15) is 0 Å². The lowest BCUT2D eigenvalue weighted by atomic mass is 10.0. The molecule has 33 heavy (non-hydrogen) atoms. The zero-order chi connectivity index (χ0) is 22.2. The Hall–Kier alpha value is -3.22. The molecule has 1 N–H and O–H groups in total. The Morgan fingerprint density at radius 2 is 1.88 bits per heavy atom. The normalized spacial score (nSPS) is 22.7. The minimum absolute atomic E-state index is 0.0121. The first-order valence-electron chi connectivity index (χ1n) is 11.5. The summed E-state index contributed by atoms with van der Waals surface area (Å²) in [6, 6.07) is 25.5. The standard InChI is InChI=1S/C27H26N4OS/c33-27-29-25(23-10-3-4-14-28-23)26(31(27)18-22-9-6-16-32-22)24-11-5-15-30(24)21-13-12-19-7-1-2-8-20(19)17-21/h1-5,7-8,10-15,17,22,25-26H,6,9,16,18H2,(H,29,33)/t22-,25-,26-/m1/s1. The van der Waals surface area contributed by atoms with Crippen LogP contribution in [0.2, 0.25) is 0 Å². The number of hydrogen-bond acceptors (Lipinski definition) is 3. The van der Waals surface area contributed by atoms with Crippen LogP contribution in [0.1, 0.15) is 36.3 Å². The lowest BCUT2D eigenvalue weighted by molar-refractivity contribution is 0.0836. The Morgan fingerprint density at radius 1 is 1.00 bits per heavy atom. The molecule has 2 saturated heterocycles. The van der Waals surface area contributed by atoms with Crippen molar-refractivity contribution in [3.8, 4) is 5.69 Å². The Balaban J connectivity index is 1.44. The van der Waals surface area contributed by atoms with E-state index in [1.807, 2.05) is 18.3 Å². The minimum Gasteiger partial charge on any atom is -0.376 e. The van der Waals surface area contributed by atoms with E-state index in [0.717, 1.165) is 42.5 Å². The predicted molar refractivity (Wildman–Crippen MR) is 134 cm³/mol. The van der Waals surface area contributed by atoms with Gasteiger partial charge in [-0.2, -0.15) is 0 Å². The molecule has 2 aromatic carbocycles. The molecule has 0 unspecified atom stereocenters. The molecule has 0 radical (unpaired) electrons. The van der Waals surface area contributed by atoms with Crippen LogP contribution < -0.4 is 5.32 Å². The van der Waals surface area contributed by atoms with Crippen LogP contribution in [0.25, 0.3) is 16.5 Å². The van der Waals surface area contributed by atoms with E-state index < -0.39 is 0 Å². The second kappa shape index (κ2) is 8.61. The molecule has 6 rings (SSSR count). The van der Waals surface area contributed by atoms with E-state index in [-0.39, 0.29) is 18.2 Å². The van der Waals surface area contributed by atoms with Crippen LogP contribution in [0, 0.1) is 0 Å². The second-order valence-electron chi connectivity index (χ2n) is 8.75. The fourth-order valence-corrected chi connectivity index (χ4v) is 5.44. The lowest BCUT2D eigenvalue weighted by Gasteiger charge is -2.30. The highest BCUT2D eigenvalue weighted by atomic mass is 32.1. The van der Waals surface area contributed by atoms with Gasteiger partial charge < -0.3 is 19.5 Å². The van der Waals surface area contributed by atoms with Gasteiger partial charge in [-0.1, -0.05) is 36.4 Å². The molecule has 2 aliphatic rings. The van der Waals surface area contributed by atoms with Crippen molar-refractivity contribution in [2.45, 2.75) is 31.0 Å². The van der Waals surface area contributed by atoms with Crippen molar-refractivity contribution in [2.75, 3.05) is 13.2 Å². The van der Waals surface area contributed by atoms with E-state index >= 15 is 0 Å². The van der Waals surface area contributed by atoms with Gasteiger partial charge in [-0.3, -0.25) is 4.98 Å². The van der Waals surface area contributed by atoms with Crippen molar-refractivity contribution < 1.29 is 4.74 Å². The van der Waals surface area contributed by atoms with Crippen molar-refractivity contribution in [1.29, 1.82) is 0 Å². The maximum atomic E-state index is 5.98. The SMILES string of the molecule is S=C1N[C@H](c2ccccn2)[C@@H](c2cccn2-c2ccc3ccccc3c2)N1C[C@H]1CCCO1. The van der Waals surface area contributed by atoms with Crippen LogP contribution in [-0.4, -0.2) is 38.8 Å². The number of aromatic nitrogens is 2. The van der Waals surface area contributed by atoms with Crippen molar-refractivity contribution in [2.24, 2.45) is 0 Å². The van der Waals surface area contributed by atoms with E-state index in [1.165, 1.54) is 16.5 Å². The summed E-state index contributed by atoms with van der Waals surface area (Å²) in [4.78, 5) is 6.98. The Morgan fingerprint density at radius 3 is 2.70 bits per heavy atom. The number of benzene rings is 2. The van der Waals surface area contributed by atoms with Crippen molar-refractivity contribution >= 4 is 28.1 Å². The summed E-state index contributed by atoms with van der Waals surface area (Å²) < 4.78 is 8.26. The van der Waals surface area contributed by atoms with Crippen molar-refractivity contribution in [1.82, 2.24) is 19.8 Å². The molecular formula is C27H26N4OS. The van der Waals surface area contributed by atoms with E-state index in [1.54, 1.807) is 0 Å². The van der Waals surface area contributed by atoms with E-state index in [2.05, 4.69) is 86.6 Å². The summed E-state index contributed by atoms with van der Waals surface area (Å²) in [5.41, 5.74) is 3.32. The highest BCUT2D eigenvalue weighted by molar-refractivity contribution is 7.80. The highest BCUT2D eigenvalue weighted by Crippen LogP contribution is 2.40. The van der Waals surface area contributed by atoms with Gasteiger partial charge in [0.1, 0.15) is 0 Å². The molecule has 5 nitrogen and oxygen atoms in total. The lowest BCUT2D eigenvalue weighted by Crippen LogP contribution is -2.36. The topological polar surface area (TPSA) is 42.3 Å². The molecule has 2 fully saturated rings. The van der Waals surface area contributed by atoms with Gasteiger partial charge in [-0.15, -0.1) is 0 Å². The number of fused-ring (bicyclic) bond motifs is 1. The summed E-state index contributed by atoms with van der Waals surface area (Å²) >= 11 is 5.85. The first kappa shape index (κ1) is 20.4. The van der Waals surface area contributed by atoms with Gasteiger partial charge in [0.15, 0.2) is 5.11 Å². The average molecular weight is 455 g/mol. The number of nitrogens with one attached hydrogen (secondary N) is 1. The molecule has 0 amide bonds. The van der Waals surface area contributed by atoms with Crippen LogP contribution in [0.5, 0.6) is 0 Å². The maximum absolute atomic E-state index is 5.98. The van der Waals surface area contributed by atoms with E-state index in [4.69, 9.17) is 17.0 Å². The van der Waals surface area contributed by atoms with Crippen molar-refractivity contribution in [3.05, 3.63) is 96.6 Å². The van der Waals surface area contributed by atoms with Gasteiger partial charge >= 0.3 is 0 Å². The third-order valence-electron chi connectivity index (χ3n) is 6.72. The fraction of sp³-hybridized carbons (Fsp3) is 0.259. The van der Waals surface area contributed by atoms with E-state index in [0.29, 0.717) is 0 Å². The van der Waals surface area contributed by atoms with Crippen LogP contribution in [-0.2, 0) is 4.74 Å². The molecule has 0 spiro atoms. The first-order chi connectivity index (χ1) is 16.3. The summed E-state index contributed by atoms with van der Waals surface area (Å²) in [7, 11) is 0. The van der Waals surface area contributed by atoms with Gasteiger partial charge in [0, 0.05) is 36.9 Å². The maximum Gasteiger partial charge on any atom is 0.170 e. The predicted octanol–water partition coefficient (Wildman–Crippen LogP) is 5.18. The zero-order valence-electron chi connectivity index (χ0n) is 18.3. The Bertz CT molecular complexity index is 1280. The van der Waals surface area contributed by atoms with Gasteiger partial charge in [-0.05, 0) is 72.2 Å². The number of pyridine rings is 1. The Kier molecular flexibility index (Phi) is 5.32. The Labute approximate surface area is 199 Å². The molecule has 0 aliphatic carbocycles. The molecule has 6 heteroatoms. The number of rotatable bonds is 5. The minimum atomic E-state index is -0.0331. The molecule has 3 atom stereocenters. The quantitative estimate of drug-likeness (QED) is 0.421. The first-order valence-corrected chi connectivity index (χ1v) is 11.9. The average Bonchev–Trinajstić information content (AvgIpc) is 3.61. The highest BCUT2D eigenvalue weighted by Gasteiger charge is 2.42. The van der Waals surface area contributed by atoms with Gasteiger partial charge in [0.25, 0.3) is 0 Å². The summed E-state index contributed by atoms with van der Waals surface area (Å²) in [6.07, 6.45) is 6.38. The van der Waals surface area contributed by atoms with Crippen molar-refractivity contribution in [3.63, 3.8) is 0 Å². The number of ether oxygens (including phenoxy) is 1. The molecule has 4 heterocycles. The largest absolute Gasteiger partial charge is 0.376 e. The van der Waals surface area contributed by atoms with Crippen LogP contribution in [0.3, 0.4) is 0 Å². The third kappa shape index (κ3) is 3.79. The second-order valence-corrected chi connectivity index (χ2v) is 9.14. The molecule has 4 aromatic rings. The molecular weight excluding hydrogens is 428 g/mol. The monoisotopic (exact) mass is 454 g/mol. The zero-order valence-corrected chi connectivity index (χ0v) is 19.1. The number of hydrogen-bond donors (Lipinski definition) is 1. The third-order valence-corrected chi connectivity index (χ3v) is 7.07. The molecule has 2 aliphatic heterocycles. The van der Waals surface area contributed by atoms with Crippen LogP contribution >= 0.6 is 12.2 Å². The van der Waals surface area contributed by atoms with Crippen LogP contribution in [0.15, 0.2) is 85.2 Å². The number of thiocarbonyl (C=S) groups is 1. The summed E-state index contributed by atoms with van der Waals surface area (Å²) in [5, 5.41) is 6.80. The molecule has 2 aromatic heterocycles. The number of nitrogens with zero attached hydrogens (tertiary/aromatic N) is 3. The summed E-state index contributed by atoms with van der Waals surface area (Å²) in [6.45, 7) is 1.61. The fourth-order valence-electron chi connectivity index (χ4n) is 5.13. The van der Waals surface area contributed by atoms with Gasteiger partial charge in [0.2, 0.25) is 0 Å². The molecule has 166 valence electrons. The van der Waals surface area contributed by atoms with Crippen LogP contribution in [0.4, 0.5) is 0 Å². The van der Waals surface area contributed by atoms with Gasteiger partial charge in [-0.25, -0.2) is 0 Å². The molecule has 0 saturated carbocycles. The summed E-state index contributed by atoms with van der Waals surface area (Å²) in [5.74, 6) is 0. The smallest absolute Gasteiger partial charge is 0.170 e. The van der Waals surface area contributed by atoms with Gasteiger partial charge in [0.05, 0.1) is 23.9 Å². The molecule has 0 bridgehead atoms.